The molecule has 1 aliphatic rings. The number of nitrogens with zero attached hydrogens (tertiary/aromatic N) is 6. The molecule has 5 rings (SSSR count). The Kier molecular flexibility index (Phi) is 4.96. The summed E-state index contributed by atoms with van der Waals surface area (Å²) in [5.74, 6) is -1.16. The van der Waals surface area contributed by atoms with E-state index in [9.17, 15) is 13.6 Å². The summed E-state index contributed by atoms with van der Waals surface area (Å²) in [4.78, 5) is 22.0. The number of benzene rings is 1. The molecule has 0 aliphatic carbocycles. The van der Waals surface area contributed by atoms with Crippen molar-refractivity contribution in [2.75, 3.05) is 4.90 Å². The lowest BCUT2D eigenvalue weighted by atomic mass is 10.2. The minimum absolute atomic E-state index is 0.0726. The number of carbonyl (C=O) groups is 1. The van der Waals surface area contributed by atoms with Crippen molar-refractivity contribution in [3.8, 4) is 22.9 Å². The number of carbonyl (C=O) groups excluding carboxylic acids is 1. The van der Waals surface area contributed by atoms with E-state index in [4.69, 9.17) is 4.52 Å². The van der Waals surface area contributed by atoms with Gasteiger partial charge in [0.1, 0.15) is 23.5 Å². The van der Waals surface area contributed by atoms with Gasteiger partial charge in [-0.2, -0.15) is 5.10 Å². The third-order valence-electron chi connectivity index (χ3n) is 5.43. The van der Waals surface area contributed by atoms with Crippen LogP contribution in [0.5, 0.6) is 0 Å². The van der Waals surface area contributed by atoms with E-state index in [0.29, 0.717) is 35.5 Å². The molecule has 1 atom stereocenters. The molecule has 0 radical (unpaired) electrons. The van der Waals surface area contributed by atoms with E-state index in [1.54, 1.807) is 35.0 Å². The van der Waals surface area contributed by atoms with Gasteiger partial charge in [-0.15, -0.1) is 0 Å². The molecule has 1 unspecified atom stereocenters. The third-order valence-corrected chi connectivity index (χ3v) is 5.43. The average Bonchev–Trinajstić information content (AvgIpc) is 3.51. The lowest BCUT2D eigenvalue weighted by Crippen LogP contribution is -2.32. The van der Waals surface area contributed by atoms with E-state index in [2.05, 4.69) is 20.2 Å². The summed E-state index contributed by atoms with van der Waals surface area (Å²) in [5, 5.41) is 8.48. The number of hydrogen-bond donors (Lipinski definition) is 0. The van der Waals surface area contributed by atoms with Gasteiger partial charge in [0, 0.05) is 24.1 Å². The summed E-state index contributed by atoms with van der Waals surface area (Å²) < 4.78 is 35.3. The SMILES string of the molecule is CC1CCC(=O)N1c1nc(-c2cc(-c3ccon3)n(Cc3ccccc3F)n2)ncc1F. The lowest BCUT2D eigenvalue weighted by molar-refractivity contribution is -0.117. The average molecular weight is 436 g/mol. The molecule has 162 valence electrons. The quantitative estimate of drug-likeness (QED) is 0.472. The molecule has 0 bridgehead atoms. The van der Waals surface area contributed by atoms with Crippen molar-refractivity contribution >= 4 is 11.7 Å². The van der Waals surface area contributed by atoms with Crippen LogP contribution in [0.4, 0.5) is 14.6 Å². The standard InChI is InChI=1S/C22H18F2N6O2/c1-13-6-7-20(31)30(13)22-16(24)11-25-21(26-22)18-10-19(17-8-9-32-28-17)29(27-18)12-14-4-2-3-5-15(14)23/h2-5,8-11,13H,6-7,12H2,1H3. The molecule has 0 saturated carbocycles. The molecule has 1 amide bonds. The highest BCUT2D eigenvalue weighted by Gasteiger charge is 2.32. The zero-order valence-corrected chi connectivity index (χ0v) is 17.1. The van der Waals surface area contributed by atoms with Gasteiger partial charge in [0.15, 0.2) is 17.5 Å². The molecule has 3 aromatic heterocycles. The second-order valence-electron chi connectivity index (χ2n) is 7.57. The zero-order chi connectivity index (χ0) is 22.2. The van der Waals surface area contributed by atoms with Gasteiger partial charge in [0.2, 0.25) is 5.91 Å². The highest BCUT2D eigenvalue weighted by molar-refractivity contribution is 5.95. The molecule has 8 nitrogen and oxygen atoms in total. The van der Waals surface area contributed by atoms with Gasteiger partial charge in [-0.3, -0.25) is 14.4 Å². The number of amides is 1. The van der Waals surface area contributed by atoms with Crippen LogP contribution in [0.1, 0.15) is 25.3 Å². The van der Waals surface area contributed by atoms with Gasteiger partial charge in [-0.25, -0.2) is 18.7 Å². The topological polar surface area (TPSA) is 89.9 Å². The summed E-state index contributed by atoms with van der Waals surface area (Å²) in [6.07, 6.45) is 3.42. The Hall–Kier alpha value is -3.95. The fourth-order valence-electron chi connectivity index (χ4n) is 3.79. The molecule has 4 heterocycles. The van der Waals surface area contributed by atoms with Crippen molar-refractivity contribution in [2.24, 2.45) is 0 Å². The second kappa shape index (κ2) is 7.95. The van der Waals surface area contributed by atoms with E-state index in [1.807, 2.05) is 6.92 Å². The van der Waals surface area contributed by atoms with E-state index in [1.165, 1.54) is 17.2 Å². The van der Waals surface area contributed by atoms with Crippen LogP contribution in [0.3, 0.4) is 0 Å². The Balaban J connectivity index is 1.58. The van der Waals surface area contributed by atoms with E-state index in [0.717, 1.165) is 6.20 Å². The number of hydrogen-bond acceptors (Lipinski definition) is 6. The van der Waals surface area contributed by atoms with Crippen LogP contribution in [-0.2, 0) is 11.3 Å². The Morgan fingerprint density at radius 2 is 2.00 bits per heavy atom. The summed E-state index contributed by atoms with van der Waals surface area (Å²) in [5.41, 5.74) is 1.81. The minimum atomic E-state index is -0.682. The van der Waals surface area contributed by atoms with Crippen LogP contribution in [0.25, 0.3) is 22.9 Å². The van der Waals surface area contributed by atoms with Crippen molar-refractivity contribution in [1.82, 2.24) is 24.9 Å². The first-order chi connectivity index (χ1) is 15.5. The summed E-state index contributed by atoms with van der Waals surface area (Å²) >= 11 is 0. The van der Waals surface area contributed by atoms with Gasteiger partial charge in [0.25, 0.3) is 0 Å². The van der Waals surface area contributed by atoms with E-state index >= 15 is 0 Å². The summed E-state index contributed by atoms with van der Waals surface area (Å²) in [6.45, 7) is 1.97. The number of rotatable bonds is 5. The molecule has 1 saturated heterocycles. The minimum Gasteiger partial charge on any atom is -0.364 e. The van der Waals surface area contributed by atoms with Gasteiger partial charge < -0.3 is 4.52 Å². The van der Waals surface area contributed by atoms with Crippen LogP contribution >= 0.6 is 0 Å². The molecule has 4 aromatic rings. The van der Waals surface area contributed by atoms with Gasteiger partial charge >= 0.3 is 0 Å². The zero-order valence-electron chi connectivity index (χ0n) is 17.1. The van der Waals surface area contributed by atoms with Crippen LogP contribution in [0.2, 0.25) is 0 Å². The molecular weight excluding hydrogens is 418 g/mol. The first-order valence-electron chi connectivity index (χ1n) is 10.1. The van der Waals surface area contributed by atoms with Gasteiger partial charge in [-0.1, -0.05) is 23.4 Å². The molecule has 32 heavy (non-hydrogen) atoms. The van der Waals surface area contributed by atoms with Crippen LogP contribution in [-0.4, -0.2) is 36.9 Å². The maximum Gasteiger partial charge on any atom is 0.228 e. The molecule has 0 N–H and O–H groups in total. The fourth-order valence-corrected chi connectivity index (χ4v) is 3.79. The van der Waals surface area contributed by atoms with Crippen molar-refractivity contribution in [3.63, 3.8) is 0 Å². The van der Waals surface area contributed by atoms with Crippen LogP contribution < -0.4 is 4.90 Å². The maximum absolute atomic E-state index is 14.5. The van der Waals surface area contributed by atoms with E-state index in [-0.39, 0.29) is 36.0 Å². The van der Waals surface area contributed by atoms with E-state index < -0.39 is 5.82 Å². The molecule has 1 aliphatic heterocycles. The first kappa shape index (κ1) is 20.0. The summed E-state index contributed by atoms with van der Waals surface area (Å²) in [7, 11) is 0. The van der Waals surface area contributed by atoms with Crippen molar-refractivity contribution in [3.05, 3.63) is 66.1 Å². The van der Waals surface area contributed by atoms with Gasteiger partial charge in [0.05, 0.1) is 18.4 Å². The second-order valence-corrected chi connectivity index (χ2v) is 7.57. The van der Waals surface area contributed by atoms with Crippen molar-refractivity contribution < 1.29 is 18.1 Å². The fraction of sp³-hybridized carbons (Fsp3) is 0.227. The smallest absolute Gasteiger partial charge is 0.228 e. The molecule has 1 aromatic carbocycles. The molecule has 1 fully saturated rings. The summed E-state index contributed by atoms with van der Waals surface area (Å²) in [6, 6.07) is 9.55. The highest BCUT2D eigenvalue weighted by atomic mass is 19.1. The normalized spacial score (nSPS) is 16.2. The Bertz CT molecular complexity index is 1290. The van der Waals surface area contributed by atoms with Crippen molar-refractivity contribution in [2.45, 2.75) is 32.4 Å². The Morgan fingerprint density at radius 3 is 2.72 bits per heavy atom. The highest BCUT2D eigenvalue weighted by Crippen LogP contribution is 2.30. The molecular formula is C22H18F2N6O2. The predicted octanol–water partition coefficient (Wildman–Crippen LogP) is 3.84. The molecule has 10 heteroatoms. The number of halogens is 2. The Labute approximate surface area is 181 Å². The maximum atomic E-state index is 14.5. The largest absolute Gasteiger partial charge is 0.364 e. The Morgan fingerprint density at radius 1 is 1.16 bits per heavy atom. The monoisotopic (exact) mass is 436 g/mol. The lowest BCUT2D eigenvalue weighted by Gasteiger charge is -2.21. The van der Waals surface area contributed by atoms with Gasteiger partial charge in [-0.05, 0) is 25.5 Å². The van der Waals surface area contributed by atoms with Crippen LogP contribution in [0, 0.1) is 11.6 Å². The number of anilines is 1. The van der Waals surface area contributed by atoms with Crippen molar-refractivity contribution in [1.29, 1.82) is 0 Å². The predicted molar refractivity (Wildman–Crippen MR) is 110 cm³/mol. The van der Waals surface area contributed by atoms with Crippen LogP contribution in [0.15, 0.2) is 53.4 Å². The third kappa shape index (κ3) is 3.53. The first-order valence-corrected chi connectivity index (χ1v) is 10.1. The molecule has 0 spiro atoms. The number of aromatic nitrogens is 5.